The average Bonchev–Trinajstić information content (AvgIpc) is 3.11. The molecule has 0 fully saturated rings. The van der Waals surface area contributed by atoms with E-state index in [1.54, 1.807) is 14.2 Å². The van der Waals surface area contributed by atoms with E-state index in [-0.39, 0.29) is 0 Å². The van der Waals surface area contributed by atoms with Crippen LogP contribution in [0.1, 0.15) is 0 Å². The maximum atomic E-state index is 5.42. The van der Waals surface area contributed by atoms with E-state index < -0.39 is 0 Å². The largest absolute Gasteiger partial charge is 0.497 e. The summed E-state index contributed by atoms with van der Waals surface area (Å²) in [6, 6.07) is 43.8. The van der Waals surface area contributed by atoms with Crippen molar-refractivity contribution in [1.82, 2.24) is 15.0 Å². The van der Waals surface area contributed by atoms with Crippen LogP contribution in [0.4, 0.5) is 0 Å². The molecule has 8 rings (SSSR count). The number of nitrogens with zero attached hydrogens (tertiary/aromatic N) is 3. The van der Waals surface area contributed by atoms with Gasteiger partial charge < -0.3 is 9.47 Å². The van der Waals surface area contributed by atoms with Gasteiger partial charge in [-0.05, 0) is 91.6 Å². The summed E-state index contributed by atoms with van der Waals surface area (Å²) in [5.74, 6) is 3.44. The van der Waals surface area contributed by atoms with Gasteiger partial charge in [-0.3, -0.25) is 0 Å². The molecule has 0 N–H and O–H groups in total. The normalized spacial score (nSPS) is 11.4. The molecular formula is C39H27N3O2. The minimum Gasteiger partial charge on any atom is -0.497 e. The van der Waals surface area contributed by atoms with Gasteiger partial charge in [-0.25, -0.2) is 15.0 Å². The Morgan fingerprint density at radius 3 is 1.41 bits per heavy atom. The lowest BCUT2D eigenvalue weighted by Crippen LogP contribution is -2.00. The summed E-state index contributed by atoms with van der Waals surface area (Å²) < 4.78 is 10.8. The molecule has 1 heterocycles. The first-order valence-corrected chi connectivity index (χ1v) is 14.5. The number of fused-ring (bicyclic) bond motifs is 7. The van der Waals surface area contributed by atoms with Crippen LogP contribution >= 0.6 is 0 Å². The van der Waals surface area contributed by atoms with Crippen LogP contribution in [0.2, 0.25) is 0 Å². The van der Waals surface area contributed by atoms with E-state index >= 15 is 0 Å². The van der Waals surface area contributed by atoms with E-state index in [0.717, 1.165) is 39.0 Å². The third-order valence-electron chi connectivity index (χ3n) is 8.29. The Hall–Kier alpha value is -5.81. The summed E-state index contributed by atoms with van der Waals surface area (Å²) >= 11 is 0. The average molecular weight is 570 g/mol. The molecule has 1 aromatic heterocycles. The summed E-state index contributed by atoms with van der Waals surface area (Å²) in [6.45, 7) is 0. The minimum absolute atomic E-state index is 0.603. The lowest BCUT2D eigenvalue weighted by Gasteiger charge is -2.13. The van der Waals surface area contributed by atoms with Crippen LogP contribution in [0.3, 0.4) is 0 Å². The van der Waals surface area contributed by atoms with Crippen LogP contribution in [-0.2, 0) is 0 Å². The second-order valence-electron chi connectivity index (χ2n) is 10.8. The van der Waals surface area contributed by atoms with Gasteiger partial charge in [0.15, 0.2) is 17.5 Å². The fourth-order valence-corrected chi connectivity index (χ4v) is 6.04. The molecule has 0 saturated heterocycles. The highest BCUT2D eigenvalue weighted by Gasteiger charge is 2.15. The summed E-state index contributed by atoms with van der Waals surface area (Å²) in [4.78, 5) is 15.0. The number of rotatable bonds is 5. The lowest BCUT2D eigenvalue weighted by molar-refractivity contribution is 0.415. The molecule has 5 nitrogen and oxygen atoms in total. The molecule has 0 radical (unpaired) electrons. The summed E-state index contributed by atoms with van der Waals surface area (Å²) in [5.41, 5.74) is 2.73. The Bertz CT molecular complexity index is 2330. The molecule has 0 spiro atoms. The minimum atomic E-state index is 0.603. The zero-order valence-corrected chi connectivity index (χ0v) is 24.3. The molecule has 7 aromatic carbocycles. The highest BCUT2D eigenvalue weighted by atomic mass is 16.5. The molecule has 0 amide bonds. The standard InChI is InChI=1S/C39H27N3O2/c1-43-29-17-13-24(14-18-29)37-40-38(27-12-11-26-22-30(44-2)19-15-25(26)21-27)42-39(41-37)28-16-20-35-33-9-4-3-7-31(33)32-8-5-6-10-34(32)36(35)23-28/h3-23H,1-2H3. The molecule has 0 aliphatic carbocycles. The van der Waals surface area contributed by atoms with Crippen LogP contribution in [0.25, 0.3) is 77.3 Å². The van der Waals surface area contributed by atoms with Crippen molar-refractivity contribution in [2.45, 2.75) is 0 Å². The quantitative estimate of drug-likeness (QED) is 0.193. The molecule has 5 heteroatoms. The van der Waals surface area contributed by atoms with E-state index in [9.17, 15) is 0 Å². The van der Waals surface area contributed by atoms with Gasteiger partial charge in [-0.2, -0.15) is 0 Å². The van der Waals surface area contributed by atoms with Gasteiger partial charge in [0.25, 0.3) is 0 Å². The zero-order valence-electron chi connectivity index (χ0n) is 24.3. The topological polar surface area (TPSA) is 57.1 Å². The Morgan fingerprint density at radius 2 is 0.795 bits per heavy atom. The number of hydrogen-bond donors (Lipinski definition) is 0. The Morgan fingerprint density at radius 1 is 0.364 bits per heavy atom. The lowest BCUT2D eigenvalue weighted by atomic mass is 9.93. The van der Waals surface area contributed by atoms with Crippen molar-refractivity contribution in [3.63, 3.8) is 0 Å². The second-order valence-corrected chi connectivity index (χ2v) is 10.8. The maximum Gasteiger partial charge on any atom is 0.164 e. The van der Waals surface area contributed by atoms with Crippen LogP contribution in [0, 0.1) is 0 Å². The van der Waals surface area contributed by atoms with Crippen LogP contribution in [0.5, 0.6) is 11.5 Å². The number of aromatic nitrogens is 3. The van der Waals surface area contributed by atoms with Crippen LogP contribution in [0.15, 0.2) is 127 Å². The van der Waals surface area contributed by atoms with Crippen molar-refractivity contribution in [3.8, 4) is 45.7 Å². The van der Waals surface area contributed by atoms with Gasteiger partial charge in [0.2, 0.25) is 0 Å². The highest BCUT2D eigenvalue weighted by Crippen LogP contribution is 2.37. The van der Waals surface area contributed by atoms with Gasteiger partial charge in [0.05, 0.1) is 14.2 Å². The molecule has 0 atom stereocenters. The van der Waals surface area contributed by atoms with Crippen molar-refractivity contribution < 1.29 is 9.47 Å². The fraction of sp³-hybridized carbons (Fsp3) is 0.0513. The number of ether oxygens (including phenoxy) is 2. The van der Waals surface area contributed by atoms with Crippen LogP contribution < -0.4 is 9.47 Å². The molecule has 210 valence electrons. The molecule has 0 saturated carbocycles. The van der Waals surface area contributed by atoms with Gasteiger partial charge >= 0.3 is 0 Å². The Kier molecular flexibility index (Phi) is 6.16. The summed E-state index contributed by atoms with van der Waals surface area (Å²) in [5, 5.41) is 9.47. The molecule has 0 aliphatic rings. The fourth-order valence-electron chi connectivity index (χ4n) is 6.04. The van der Waals surface area contributed by atoms with Crippen molar-refractivity contribution in [3.05, 3.63) is 127 Å². The van der Waals surface area contributed by atoms with Crippen molar-refractivity contribution in [2.75, 3.05) is 14.2 Å². The van der Waals surface area contributed by atoms with E-state index in [1.807, 2.05) is 36.4 Å². The molecule has 0 aliphatic heterocycles. The van der Waals surface area contributed by atoms with Crippen molar-refractivity contribution in [2.24, 2.45) is 0 Å². The van der Waals surface area contributed by atoms with E-state index in [2.05, 4.69) is 91.0 Å². The van der Waals surface area contributed by atoms with Gasteiger partial charge in [-0.15, -0.1) is 0 Å². The molecule has 8 aromatic rings. The predicted octanol–water partition coefficient (Wildman–Crippen LogP) is 9.50. The third-order valence-corrected chi connectivity index (χ3v) is 8.29. The summed E-state index contributed by atoms with van der Waals surface area (Å²) in [6.07, 6.45) is 0. The van der Waals surface area contributed by atoms with E-state index in [4.69, 9.17) is 24.4 Å². The monoisotopic (exact) mass is 569 g/mol. The number of benzene rings is 7. The molecular weight excluding hydrogens is 542 g/mol. The van der Waals surface area contributed by atoms with Gasteiger partial charge in [0, 0.05) is 16.7 Å². The van der Waals surface area contributed by atoms with E-state index in [0.29, 0.717) is 17.5 Å². The second kappa shape index (κ2) is 10.5. The number of hydrogen-bond acceptors (Lipinski definition) is 5. The third kappa shape index (κ3) is 4.38. The van der Waals surface area contributed by atoms with Gasteiger partial charge in [0.1, 0.15) is 11.5 Å². The molecule has 0 bridgehead atoms. The smallest absolute Gasteiger partial charge is 0.164 e. The summed E-state index contributed by atoms with van der Waals surface area (Å²) in [7, 11) is 3.34. The molecule has 44 heavy (non-hydrogen) atoms. The predicted molar refractivity (Wildman–Crippen MR) is 179 cm³/mol. The Labute approximate surface area is 254 Å². The first-order chi connectivity index (χ1) is 21.7. The Balaban J connectivity index is 1.35. The van der Waals surface area contributed by atoms with E-state index in [1.165, 1.54) is 32.3 Å². The first-order valence-electron chi connectivity index (χ1n) is 14.5. The number of methoxy groups -OCH3 is 2. The van der Waals surface area contributed by atoms with Crippen LogP contribution in [-0.4, -0.2) is 29.2 Å². The zero-order chi connectivity index (χ0) is 29.6. The van der Waals surface area contributed by atoms with Gasteiger partial charge in [-0.1, -0.05) is 78.9 Å². The highest BCUT2D eigenvalue weighted by molar-refractivity contribution is 6.25. The van der Waals surface area contributed by atoms with Crippen molar-refractivity contribution >= 4 is 43.1 Å². The SMILES string of the molecule is COc1ccc(-c2nc(-c3ccc4cc(OC)ccc4c3)nc(-c3ccc4c5ccccc5c5ccccc5c4c3)n2)cc1. The molecule has 0 unspecified atom stereocenters. The maximum absolute atomic E-state index is 5.42. The van der Waals surface area contributed by atoms with Crippen molar-refractivity contribution in [1.29, 1.82) is 0 Å². The first kappa shape index (κ1) is 25.9.